The Labute approximate surface area is 169 Å². The van der Waals surface area contributed by atoms with Crippen molar-refractivity contribution >= 4 is 40.5 Å². The maximum atomic E-state index is 13.6. The summed E-state index contributed by atoms with van der Waals surface area (Å²) in [6.45, 7) is 1.61. The van der Waals surface area contributed by atoms with Gasteiger partial charge in [-0.15, -0.1) is 11.8 Å². The van der Waals surface area contributed by atoms with Gasteiger partial charge in [-0.2, -0.15) is 13.2 Å². The van der Waals surface area contributed by atoms with Crippen LogP contribution in [0, 0.1) is 5.82 Å². The van der Waals surface area contributed by atoms with Crippen LogP contribution in [0.15, 0.2) is 54.1 Å². The molecule has 1 aliphatic rings. The maximum Gasteiger partial charge on any atom is 0.416 e. The van der Waals surface area contributed by atoms with Crippen molar-refractivity contribution in [2.24, 2.45) is 0 Å². The molecule has 3 nitrogen and oxygen atoms in total. The molecule has 0 spiro atoms. The minimum atomic E-state index is -4.61. The Morgan fingerprint density at radius 3 is 2.50 bits per heavy atom. The van der Waals surface area contributed by atoms with Crippen molar-refractivity contribution in [3.8, 4) is 0 Å². The lowest BCUT2D eigenvalue weighted by Crippen LogP contribution is -2.31. The number of benzene rings is 2. The van der Waals surface area contributed by atoms with Crippen molar-refractivity contribution in [3.63, 3.8) is 0 Å². The lowest BCUT2D eigenvalue weighted by Gasteiger charge is -2.19. The first kappa shape index (κ1) is 20.5. The number of rotatable bonds is 4. The molecular weight excluding hydrogens is 410 g/mol. The molecule has 2 aromatic carbocycles. The van der Waals surface area contributed by atoms with Gasteiger partial charge in [0.1, 0.15) is 5.82 Å². The Bertz CT molecular complexity index is 882. The first-order chi connectivity index (χ1) is 13.2. The molecule has 148 valence electrons. The summed E-state index contributed by atoms with van der Waals surface area (Å²) < 4.78 is 52.2. The predicted molar refractivity (Wildman–Crippen MR) is 110 cm³/mol. The Kier molecular flexibility index (Phi) is 6.14. The topological polar surface area (TPSA) is 27.3 Å². The molecular formula is C19H17F4N3S2. The van der Waals surface area contributed by atoms with Gasteiger partial charge < -0.3 is 15.5 Å². The van der Waals surface area contributed by atoms with E-state index in [1.54, 1.807) is 18.7 Å². The quantitative estimate of drug-likeness (QED) is 0.470. The Morgan fingerprint density at radius 1 is 1.18 bits per heavy atom. The molecule has 1 atom stereocenters. The number of alkyl halides is 3. The van der Waals surface area contributed by atoms with Gasteiger partial charge in [0.15, 0.2) is 5.11 Å². The normalized spacial score (nSPS) is 14.8. The zero-order valence-corrected chi connectivity index (χ0v) is 16.4. The van der Waals surface area contributed by atoms with Gasteiger partial charge in [0.05, 0.1) is 17.5 Å². The summed E-state index contributed by atoms with van der Waals surface area (Å²) in [5, 5.41) is 8.11. The smallest absolute Gasteiger partial charge is 0.356 e. The molecule has 0 amide bonds. The number of thioether (sulfide) groups is 1. The number of hydrogen-bond acceptors (Lipinski definition) is 3. The number of thiocarbonyl (C=S) groups is 1. The molecule has 2 aromatic rings. The number of nitrogens with zero attached hydrogens (tertiary/aromatic N) is 1. The van der Waals surface area contributed by atoms with E-state index in [4.69, 9.17) is 12.2 Å². The highest BCUT2D eigenvalue weighted by Crippen LogP contribution is 2.31. The molecule has 28 heavy (non-hydrogen) atoms. The van der Waals surface area contributed by atoms with Gasteiger partial charge >= 0.3 is 6.18 Å². The van der Waals surface area contributed by atoms with Crippen molar-refractivity contribution in [1.82, 2.24) is 5.32 Å². The van der Waals surface area contributed by atoms with Gasteiger partial charge in [-0.1, -0.05) is 0 Å². The van der Waals surface area contributed by atoms with Crippen LogP contribution in [0.5, 0.6) is 0 Å². The van der Waals surface area contributed by atoms with Crippen molar-refractivity contribution in [3.05, 3.63) is 71.0 Å². The fraction of sp³-hybridized carbons (Fsp3) is 0.211. The van der Waals surface area contributed by atoms with Crippen molar-refractivity contribution < 1.29 is 17.6 Å². The lowest BCUT2D eigenvalue weighted by molar-refractivity contribution is -0.137. The summed E-state index contributed by atoms with van der Waals surface area (Å²) in [7, 11) is 0. The SMILES string of the molecule is CC(NC(=S)Nc1ccc(N2C=CSC2)cc1)c1cc(F)cc(C(F)(F)F)c1. The third-order valence-electron chi connectivity index (χ3n) is 4.10. The van der Waals surface area contributed by atoms with E-state index in [-0.39, 0.29) is 10.7 Å². The highest BCUT2D eigenvalue weighted by atomic mass is 32.2. The Morgan fingerprint density at radius 2 is 1.89 bits per heavy atom. The molecule has 9 heteroatoms. The zero-order chi connectivity index (χ0) is 20.3. The highest BCUT2D eigenvalue weighted by Gasteiger charge is 2.31. The van der Waals surface area contributed by atoms with Crippen LogP contribution in [0.2, 0.25) is 0 Å². The van der Waals surface area contributed by atoms with Gasteiger partial charge in [-0.05, 0) is 72.6 Å². The third kappa shape index (κ3) is 5.17. The molecule has 0 saturated carbocycles. The molecule has 0 bridgehead atoms. The molecule has 0 radical (unpaired) electrons. The number of hydrogen-bond donors (Lipinski definition) is 2. The van der Waals surface area contributed by atoms with Gasteiger partial charge in [0.25, 0.3) is 0 Å². The van der Waals surface area contributed by atoms with Crippen LogP contribution in [0.1, 0.15) is 24.1 Å². The van der Waals surface area contributed by atoms with Crippen molar-refractivity contribution in [1.29, 1.82) is 0 Å². The number of anilines is 2. The molecule has 0 fully saturated rings. The minimum Gasteiger partial charge on any atom is -0.356 e. The largest absolute Gasteiger partial charge is 0.416 e. The second kappa shape index (κ2) is 8.40. The Balaban J connectivity index is 1.63. The molecule has 3 rings (SSSR count). The molecule has 0 aliphatic carbocycles. The molecule has 1 aliphatic heterocycles. The third-order valence-corrected chi connectivity index (χ3v) is 5.06. The van der Waals surface area contributed by atoms with Crippen molar-refractivity contribution in [2.45, 2.75) is 19.1 Å². The fourth-order valence-electron chi connectivity index (χ4n) is 2.65. The van der Waals surface area contributed by atoms with Gasteiger partial charge in [0.2, 0.25) is 0 Å². The van der Waals surface area contributed by atoms with Crippen LogP contribution in [-0.4, -0.2) is 11.0 Å². The van der Waals surface area contributed by atoms with E-state index in [0.29, 0.717) is 6.07 Å². The van der Waals surface area contributed by atoms with Crippen LogP contribution in [0.4, 0.5) is 28.9 Å². The number of nitrogens with one attached hydrogen (secondary N) is 2. The van der Waals surface area contributed by atoms with Crippen LogP contribution < -0.4 is 15.5 Å². The monoisotopic (exact) mass is 427 g/mol. The van der Waals surface area contributed by atoms with Crippen LogP contribution in [0.3, 0.4) is 0 Å². The Hall–Kier alpha value is -2.26. The second-order valence-corrected chi connectivity index (χ2v) is 7.46. The summed E-state index contributed by atoms with van der Waals surface area (Å²) in [6.07, 6.45) is -2.62. The summed E-state index contributed by atoms with van der Waals surface area (Å²) in [4.78, 5) is 2.09. The van der Waals surface area contributed by atoms with E-state index in [1.165, 1.54) is 0 Å². The summed E-state index contributed by atoms with van der Waals surface area (Å²) >= 11 is 6.93. The average Bonchev–Trinajstić information content (AvgIpc) is 3.15. The maximum absolute atomic E-state index is 13.6. The first-order valence-corrected chi connectivity index (χ1v) is 9.78. The van der Waals surface area contributed by atoms with Crippen LogP contribution in [-0.2, 0) is 6.18 Å². The van der Waals surface area contributed by atoms with Gasteiger partial charge in [-0.3, -0.25) is 0 Å². The van der Waals surface area contributed by atoms with Crippen LogP contribution in [0.25, 0.3) is 0 Å². The van der Waals surface area contributed by atoms with E-state index < -0.39 is 23.6 Å². The molecule has 0 saturated heterocycles. The predicted octanol–water partition coefficient (Wildman–Crippen LogP) is 5.87. The first-order valence-electron chi connectivity index (χ1n) is 8.32. The van der Waals surface area contributed by atoms with Gasteiger partial charge in [-0.25, -0.2) is 4.39 Å². The standard InChI is InChI=1S/C19H17F4N3S2/c1-12(13-8-14(19(21,22)23)10-15(20)9-13)24-18(27)25-16-2-4-17(5-3-16)26-6-7-28-11-26/h2-10,12H,11H2,1H3,(H2,24,25,27). The van der Waals surface area contributed by atoms with Crippen LogP contribution >= 0.6 is 24.0 Å². The molecule has 0 aromatic heterocycles. The number of halogens is 4. The van der Waals surface area contributed by atoms with E-state index in [0.717, 1.165) is 29.4 Å². The zero-order valence-electron chi connectivity index (χ0n) is 14.8. The second-order valence-electron chi connectivity index (χ2n) is 6.19. The lowest BCUT2D eigenvalue weighted by atomic mass is 10.0. The summed E-state index contributed by atoms with van der Waals surface area (Å²) in [5.74, 6) is -0.0836. The molecule has 1 heterocycles. The summed E-state index contributed by atoms with van der Waals surface area (Å²) in [6, 6.07) is 9.43. The minimum absolute atomic E-state index is 0.158. The average molecular weight is 427 g/mol. The summed E-state index contributed by atoms with van der Waals surface area (Å²) in [5.41, 5.74) is 0.905. The molecule has 2 N–H and O–H groups in total. The van der Waals surface area contributed by atoms with E-state index in [1.807, 2.05) is 35.9 Å². The van der Waals surface area contributed by atoms with E-state index in [9.17, 15) is 17.6 Å². The fourth-order valence-corrected chi connectivity index (χ4v) is 3.66. The highest BCUT2D eigenvalue weighted by molar-refractivity contribution is 8.02. The molecule has 1 unspecified atom stereocenters. The van der Waals surface area contributed by atoms with Gasteiger partial charge in [0, 0.05) is 17.6 Å². The van der Waals surface area contributed by atoms with Crippen molar-refractivity contribution in [2.75, 3.05) is 16.1 Å². The van der Waals surface area contributed by atoms with E-state index in [2.05, 4.69) is 15.5 Å². The van der Waals surface area contributed by atoms with E-state index >= 15 is 0 Å².